The first-order valence-corrected chi connectivity index (χ1v) is 20.5. The molecule has 0 saturated heterocycles. The second-order valence-corrected chi connectivity index (χ2v) is 15.9. The molecule has 0 N–H and O–H groups in total. The van der Waals surface area contributed by atoms with Crippen LogP contribution in [0.2, 0.25) is 0 Å². The van der Waals surface area contributed by atoms with Crippen LogP contribution in [-0.4, -0.2) is 4.57 Å². The van der Waals surface area contributed by atoms with Crippen LogP contribution in [0, 0.1) is 0 Å². The Labute approximate surface area is 338 Å². The first-order chi connectivity index (χ1) is 28.8. The number of thiophene rings is 1. The van der Waals surface area contributed by atoms with E-state index >= 15 is 0 Å². The highest BCUT2D eigenvalue weighted by molar-refractivity contribution is 7.26. The summed E-state index contributed by atoms with van der Waals surface area (Å²) in [6.45, 7) is 0. The number of aromatic nitrogens is 1. The SMILES string of the molecule is c1ccc(N(c2cccc(-c3cccc4c3oc3ccccc34)c2)c2ccc3c(sc4ccccc43)c2-c2cccc(-n3c4ccccc4c4ccccc43)c2)cc1. The van der Waals surface area contributed by atoms with Crippen LogP contribution in [0.4, 0.5) is 17.1 Å². The summed E-state index contributed by atoms with van der Waals surface area (Å²) < 4.78 is 11.5. The van der Waals surface area contributed by atoms with Crippen LogP contribution >= 0.6 is 11.3 Å². The van der Waals surface area contributed by atoms with Gasteiger partial charge in [-0.15, -0.1) is 11.3 Å². The van der Waals surface area contributed by atoms with Gasteiger partial charge < -0.3 is 13.9 Å². The number of hydrogen-bond acceptors (Lipinski definition) is 3. The van der Waals surface area contributed by atoms with E-state index in [1.165, 1.54) is 47.5 Å². The summed E-state index contributed by atoms with van der Waals surface area (Å²) in [5.74, 6) is 0. The monoisotopic (exact) mass is 758 g/mol. The predicted octanol–water partition coefficient (Wildman–Crippen LogP) is 15.9. The smallest absolute Gasteiger partial charge is 0.143 e. The highest BCUT2D eigenvalue weighted by atomic mass is 32.1. The minimum atomic E-state index is 0.899. The fourth-order valence-corrected chi connectivity index (χ4v) is 10.3. The largest absolute Gasteiger partial charge is 0.455 e. The molecule has 0 amide bonds. The standard InChI is InChI=1S/C54H34N2OS/c1-2-17-37(18-3-1)55(38-19-12-15-35(33-38)40-25-14-26-45-43-23-6-10-29-50(43)57-53(40)45)49-32-31-46-44-24-7-11-30-51(44)58-54(46)52(49)36-16-13-20-39(34-36)56-47-27-8-4-21-41(47)42-22-5-9-28-48(42)56/h1-34H. The van der Waals surface area contributed by atoms with Crippen LogP contribution < -0.4 is 4.90 Å². The van der Waals surface area contributed by atoms with Crippen LogP contribution in [0.15, 0.2) is 211 Å². The Bertz CT molecular complexity index is 3480. The Balaban J connectivity index is 1.11. The third-order valence-corrected chi connectivity index (χ3v) is 12.8. The fourth-order valence-electron chi connectivity index (χ4n) is 9.04. The van der Waals surface area contributed by atoms with E-state index < -0.39 is 0 Å². The van der Waals surface area contributed by atoms with Gasteiger partial charge in [-0.25, -0.2) is 0 Å². The Morgan fingerprint density at radius 1 is 0.431 bits per heavy atom. The van der Waals surface area contributed by atoms with Crippen molar-refractivity contribution in [1.29, 1.82) is 0 Å². The van der Waals surface area contributed by atoms with E-state index in [4.69, 9.17) is 4.42 Å². The molecule has 0 spiro atoms. The number of benzene rings is 9. The van der Waals surface area contributed by atoms with Crippen molar-refractivity contribution in [3.05, 3.63) is 206 Å². The van der Waals surface area contributed by atoms with Crippen molar-refractivity contribution in [2.24, 2.45) is 0 Å². The van der Waals surface area contributed by atoms with Crippen LogP contribution in [-0.2, 0) is 0 Å². The van der Waals surface area contributed by atoms with Gasteiger partial charge in [0.25, 0.3) is 0 Å². The maximum Gasteiger partial charge on any atom is 0.143 e. The molecule has 12 aromatic rings. The molecule has 272 valence electrons. The molecule has 3 nitrogen and oxygen atoms in total. The summed E-state index contributed by atoms with van der Waals surface area (Å²) in [5, 5.41) is 7.31. The van der Waals surface area contributed by atoms with Gasteiger partial charge in [0.1, 0.15) is 11.2 Å². The van der Waals surface area contributed by atoms with Crippen molar-refractivity contribution in [3.63, 3.8) is 0 Å². The van der Waals surface area contributed by atoms with Crippen LogP contribution in [0.5, 0.6) is 0 Å². The highest BCUT2D eigenvalue weighted by Crippen LogP contribution is 2.49. The summed E-state index contributed by atoms with van der Waals surface area (Å²) in [6, 6.07) is 74.4. The summed E-state index contributed by atoms with van der Waals surface area (Å²) in [4.78, 5) is 2.43. The number of fused-ring (bicyclic) bond motifs is 9. The molecule has 0 saturated carbocycles. The topological polar surface area (TPSA) is 21.3 Å². The highest BCUT2D eigenvalue weighted by Gasteiger charge is 2.23. The molecule has 58 heavy (non-hydrogen) atoms. The predicted molar refractivity (Wildman–Crippen MR) is 247 cm³/mol. The maximum absolute atomic E-state index is 6.54. The van der Waals surface area contributed by atoms with E-state index in [0.717, 1.165) is 61.4 Å². The van der Waals surface area contributed by atoms with Gasteiger partial charge in [0.05, 0.1) is 16.7 Å². The van der Waals surface area contributed by atoms with E-state index in [-0.39, 0.29) is 0 Å². The Morgan fingerprint density at radius 3 is 1.90 bits per heavy atom. The van der Waals surface area contributed by atoms with E-state index in [1.807, 2.05) is 17.4 Å². The first-order valence-electron chi connectivity index (χ1n) is 19.7. The van der Waals surface area contributed by atoms with Crippen molar-refractivity contribution in [2.75, 3.05) is 4.90 Å². The van der Waals surface area contributed by atoms with Gasteiger partial charge in [0.15, 0.2) is 0 Å². The zero-order valence-corrected chi connectivity index (χ0v) is 32.2. The van der Waals surface area contributed by atoms with Crippen molar-refractivity contribution < 1.29 is 4.42 Å². The molecular weight excluding hydrogens is 725 g/mol. The van der Waals surface area contributed by atoms with Gasteiger partial charge >= 0.3 is 0 Å². The maximum atomic E-state index is 6.54. The molecule has 4 heteroatoms. The number of anilines is 3. The quantitative estimate of drug-likeness (QED) is 0.168. The molecule has 0 aliphatic carbocycles. The van der Waals surface area contributed by atoms with E-state index in [9.17, 15) is 0 Å². The second kappa shape index (κ2) is 13.1. The fraction of sp³-hybridized carbons (Fsp3) is 0. The van der Waals surface area contributed by atoms with Crippen molar-refractivity contribution in [2.45, 2.75) is 0 Å². The molecular formula is C54H34N2OS. The van der Waals surface area contributed by atoms with Crippen LogP contribution in [0.1, 0.15) is 0 Å². The number of rotatable bonds is 6. The zero-order chi connectivity index (χ0) is 38.2. The number of para-hydroxylation sites is 5. The van der Waals surface area contributed by atoms with E-state index in [0.29, 0.717) is 0 Å². The number of hydrogen-bond donors (Lipinski definition) is 0. The summed E-state index contributed by atoms with van der Waals surface area (Å²) in [6.07, 6.45) is 0. The van der Waals surface area contributed by atoms with Gasteiger partial charge in [-0.1, -0.05) is 140 Å². The Hall–Kier alpha value is -7.40. The van der Waals surface area contributed by atoms with Crippen molar-refractivity contribution in [3.8, 4) is 27.9 Å². The molecule has 0 radical (unpaired) electrons. The number of nitrogens with zero attached hydrogens (tertiary/aromatic N) is 2. The van der Waals surface area contributed by atoms with Gasteiger partial charge in [-0.05, 0) is 77.9 Å². The normalized spacial score (nSPS) is 11.8. The molecule has 0 fully saturated rings. The molecule has 0 aliphatic rings. The summed E-state index contributed by atoms with van der Waals surface area (Å²) in [5.41, 5.74) is 13.1. The lowest BCUT2D eigenvalue weighted by Crippen LogP contribution is -2.11. The molecule has 0 atom stereocenters. The lowest BCUT2D eigenvalue weighted by molar-refractivity contribution is 0.670. The van der Waals surface area contributed by atoms with Gasteiger partial charge in [0.2, 0.25) is 0 Å². The van der Waals surface area contributed by atoms with Gasteiger partial charge in [0, 0.05) is 69.9 Å². The van der Waals surface area contributed by atoms with E-state index in [1.54, 1.807) is 0 Å². The van der Waals surface area contributed by atoms with Crippen molar-refractivity contribution in [1.82, 2.24) is 4.57 Å². The molecule has 3 heterocycles. The third kappa shape index (κ3) is 5.05. The van der Waals surface area contributed by atoms with Gasteiger partial charge in [-0.2, -0.15) is 0 Å². The lowest BCUT2D eigenvalue weighted by Gasteiger charge is -2.29. The lowest BCUT2D eigenvalue weighted by atomic mass is 9.97. The second-order valence-electron chi connectivity index (χ2n) is 14.9. The number of furan rings is 1. The Kier molecular flexibility index (Phi) is 7.40. The van der Waals surface area contributed by atoms with Crippen molar-refractivity contribution >= 4 is 92.3 Å². The van der Waals surface area contributed by atoms with Gasteiger partial charge in [-0.3, -0.25) is 0 Å². The Morgan fingerprint density at radius 2 is 1.07 bits per heavy atom. The third-order valence-electron chi connectivity index (χ3n) is 11.6. The van der Waals surface area contributed by atoms with Crippen LogP contribution in [0.3, 0.4) is 0 Å². The minimum Gasteiger partial charge on any atom is -0.455 e. The molecule has 9 aromatic carbocycles. The molecule has 3 aromatic heterocycles. The van der Waals surface area contributed by atoms with E-state index in [2.05, 4.69) is 210 Å². The average Bonchev–Trinajstić information content (AvgIpc) is 3.97. The zero-order valence-electron chi connectivity index (χ0n) is 31.3. The van der Waals surface area contributed by atoms with Crippen LogP contribution in [0.25, 0.3) is 91.9 Å². The molecule has 12 rings (SSSR count). The molecule has 0 bridgehead atoms. The molecule has 0 aliphatic heterocycles. The molecule has 0 unspecified atom stereocenters. The minimum absolute atomic E-state index is 0.899. The first kappa shape index (κ1) is 32.8. The summed E-state index contributed by atoms with van der Waals surface area (Å²) in [7, 11) is 0. The average molecular weight is 759 g/mol. The summed E-state index contributed by atoms with van der Waals surface area (Å²) >= 11 is 1.87.